The molecule has 2 rings (SSSR count). The van der Waals surface area contributed by atoms with E-state index in [0.29, 0.717) is 26.3 Å². The second-order valence-corrected chi connectivity index (χ2v) is 5.39. The number of thiophene rings is 1. The van der Waals surface area contributed by atoms with Crippen LogP contribution in [-0.4, -0.2) is 34.1 Å². The number of rotatable bonds is 8. The molecule has 0 amide bonds. The molecule has 0 radical (unpaired) electrons. The molecule has 0 bridgehead atoms. The molecule has 2 heterocycles. The van der Waals surface area contributed by atoms with E-state index in [0.717, 1.165) is 5.69 Å². The average Bonchev–Trinajstić information content (AvgIpc) is 3.01. The van der Waals surface area contributed by atoms with E-state index in [1.54, 1.807) is 16.0 Å². The van der Waals surface area contributed by atoms with Crippen molar-refractivity contribution in [3.63, 3.8) is 0 Å². The topological polar surface area (TPSA) is 59.3 Å². The zero-order chi connectivity index (χ0) is 13.5. The van der Waals surface area contributed by atoms with E-state index in [1.165, 1.54) is 4.88 Å². The molecule has 0 aliphatic carbocycles. The molecule has 0 aliphatic heterocycles. The van der Waals surface area contributed by atoms with Crippen LogP contribution >= 0.6 is 11.3 Å². The largest absolute Gasteiger partial charge is 0.389 e. The highest BCUT2D eigenvalue weighted by Gasteiger charge is 2.05. The molecule has 0 aliphatic rings. The molecule has 0 saturated carbocycles. The third-order valence-corrected chi connectivity index (χ3v) is 3.44. The maximum Gasteiger partial charge on any atom is 0.0897 e. The first-order valence-corrected chi connectivity index (χ1v) is 7.09. The number of aryl methyl sites for hydroxylation is 1. The molecule has 1 unspecified atom stereocenters. The van der Waals surface area contributed by atoms with E-state index in [1.807, 2.05) is 36.8 Å². The maximum atomic E-state index is 9.75. The minimum absolute atomic E-state index is 0.340. The summed E-state index contributed by atoms with van der Waals surface area (Å²) in [4.78, 5) is 1.17. The minimum atomic E-state index is -0.497. The molecule has 0 fully saturated rings. The lowest BCUT2D eigenvalue weighted by Gasteiger charge is -2.11. The van der Waals surface area contributed by atoms with Crippen molar-refractivity contribution in [1.29, 1.82) is 0 Å². The number of hydrogen-bond acceptors (Lipinski definition) is 5. The van der Waals surface area contributed by atoms with Crippen LogP contribution in [-0.2, 0) is 24.9 Å². The summed E-state index contributed by atoms with van der Waals surface area (Å²) in [5.74, 6) is 0. The molecule has 0 spiro atoms. The first-order chi connectivity index (χ1) is 9.24. The molecule has 1 atom stereocenters. The number of nitrogens with zero attached hydrogens (tertiary/aromatic N) is 2. The fourth-order valence-electron chi connectivity index (χ4n) is 1.67. The van der Waals surface area contributed by atoms with Crippen molar-refractivity contribution < 1.29 is 9.84 Å². The van der Waals surface area contributed by atoms with Gasteiger partial charge in [-0.1, -0.05) is 6.07 Å². The van der Waals surface area contributed by atoms with Gasteiger partial charge in [-0.25, -0.2) is 0 Å². The van der Waals surface area contributed by atoms with Crippen LogP contribution in [0.3, 0.4) is 0 Å². The summed E-state index contributed by atoms with van der Waals surface area (Å²) in [6.07, 6.45) is 1.40. The summed E-state index contributed by atoms with van der Waals surface area (Å²) >= 11 is 1.66. The number of ether oxygens (including phenoxy) is 1. The van der Waals surface area contributed by atoms with Crippen LogP contribution in [0.15, 0.2) is 29.8 Å². The van der Waals surface area contributed by atoms with E-state index in [4.69, 9.17) is 4.74 Å². The van der Waals surface area contributed by atoms with Gasteiger partial charge in [-0.05, 0) is 17.5 Å². The smallest absolute Gasteiger partial charge is 0.0897 e. The normalized spacial score (nSPS) is 12.7. The summed E-state index contributed by atoms with van der Waals surface area (Å²) in [7, 11) is 1.89. The van der Waals surface area contributed by atoms with Crippen molar-refractivity contribution in [2.24, 2.45) is 7.05 Å². The second kappa shape index (κ2) is 7.40. The third-order valence-electron chi connectivity index (χ3n) is 2.59. The van der Waals surface area contributed by atoms with Crippen LogP contribution < -0.4 is 5.32 Å². The quantitative estimate of drug-likeness (QED) is 0.762. The molecular formula is C13H19N3O2S. The molecule has 2 aromatic heterocycles. The van der Waals surface area contributed by atoms with Crippen molar-refractivity contribution in [3.05, 3.63) is 40.3 Å². The molecule has 2 N–H and O–H groups in total. The van der Waals surface area contributed by atoms with Crippen LogP contribution in [0.5, 0.6) is 0 Å². The number of aliphatic hydroxyl groups excluding tert-OH is 1. The van der Waals surface area contributed by atoms with Gasteiger partial charge >= 0.3 is 0 Å². The molecule has 6 heteroatoms. The first kappa shape index (κ1) is 14.2. The number of aromatic nitrogens is 2. The zero-order valence-corrected chi connectivity index (χ0v) is 11.8. The summed E-state index contributed by atoms with van der Waals surface area (Å²) in [5, 5.41) is 19.2. The van der Waals surface area contributed by atoms with Gasteiger partial charge in [0.25, 0.3) is 0 Å². The van der Waals surface area contributed by atoms with Crippen LogP contribution in [0.4, 0.5) is 0 Å². The Hall–Kier alpha value is -1.21. The Balaban J connectivity index is 1.55. The Labute approximate surface area is 116 Å². The van der Waals surface area contributed by atoms with Crippen molar-refractivity contribution in [2.45, 2.75) is 19.3 Å². The molecular weight excluding hydrogens is 262 g/mol. The van der Waals surface area contributed by atoms with Crippen molar-refractivity contribution >= 4 is 11.3 Å². The highest BCUT2D eigenvalue weighted by atomic mass is 32.1. The molecule has 104 valence electrons. The van der Waals surface area contributed by atoms with Crippen LogP contribution in [0.1, 0.15) is 10.6 Å². The Morgan fingerprint density at radius 3 is 3.11 bits per heavy atom. The van der Waals surface area contributed by atoms with E-state index in [9.17, 15) is 5.11 Å². The second-order valence-electron chi connectivity index (χ2n) is 4.36. The van der Waals surface area contributed by atoms with Gasteiger partial charge in [0.2, 0.25) is 0 Å². The predicted octanol–water partition coefficient (Wildman–Crippen LogP) is 1.15. The fraction of sp³-hybridized carbons (Fsp3) is 0.462. The highest BCUT2D eigenvalue weighted by molar-refractivity contribution is 7.09. The van der Waals surface area contributed by atoms with E-state index < -0.39 is 6.10 Å². The van der Waals surface area contributed by atoms with Gasteiger partial charge in [0, 0.05) is 31.2 Å². The van der Waals surface area contributed by atoms with Crippen LogP contribution in [0.2, 0.25) is 0 Å². The van der Waals surface area contributed by atoms with Gasteiger partial charge in [0.05, 0.1) is 25.0 Å². The lowest BCUT2D eigenvalue weighted by Crippen LogP contribution is -2.30. The predicted molar refractivity (Wildman–Crippen MR) is 74.9 cm³/mol. The molecule has 2 aromatic rings. The maximum absolute atomic E-state index is 9.75. The molecule has 19 heavy (non-hydrogen) atoms. The molecule has 5 nitrogen and oxygen atoms in total. The van der Waals surface area contributed by atoms with Crippen molar-refractivity contribution in [1.82, 2.24) is 15.1 Å². The number of hydrogen-bond donors (Lipinski definition) is 2. The van der Waals surface area contributed by atoms with Gasteiger partial charge in [0.15, 0.2) is 0 Å². The van der Waals surface area contributed by atoms with Gasteiger partial charge in [-0.15, -0.1) is 11.3 Å². The first-order valence-electron chi connectivity index (χ1n) is 6.21. The van der Waals surface area contributed by atoms with Crippen molar-refractivity contribution in [2.75, 3.05) is 13.2 Å². The average molecular weight is 281 g/mol. The Kier molecular flexibility index (Phi) is 5.53. The zero-order valence-electron chi connectivity index (χ0n) is 11.0. The fourth-order valence-corrected chi connectivity index (χ4v) is 2.31. The lowest BCUT2D eigenvalue weighted by atomic mass is 10.3. The Morgan fingerprint density at radius 2 is 2.42 bits per heavy atom. The summed E-state index contributed by atoms with van der Waals surface area (Å²) < 4.78 is 7.21. The van der Waals surface area contributed by atoms with Crippen LogP contribution in [0.25, 0.3) is 0 Å². The standard InChI is InChI=1S/C13H19N3O2S/c1-16-5-4-11(15-16)7-14-8-12(17)9-18-10-13-3-2-6-19-13/h2-6,12,14,17H,7-10H2,1H3. The monoisotopic (exact) mass is 281 g/mol. The number of aliphatic hydroxyl groups is 1. The van der Waals surface area contributed by atoms with Gasteiger partial charge < -0.3 is 15.2 Å². The van der Waals surface area contributed by atoms with E-state index in [-0.39, 0.29) is 0 Å². The van der Waals surface area contributed by atoms with Gasteiger partial charge in [0.1, 0.15) is 0 Å². The molecule has 0 saturated heterocycles. The minimum Gasteiger partial charge on any atom is -0.389 e. The van der Waals surface area contributed by atoms with E-state index in [2.05, 4.69) is 10.4 Å². The van der Waals surface area contributed by atoms with Gasteiger partial charge in [-0.3, -0.25) is 4.68 Å². The highest BCUT2D eigenvalue weighted by Crippen LogP contribution is 2.09. The summed E-state index contributed by atoms with van der Waals surface area (Å²) in [6.45, 7) is 2.06. The van der Waals surface area contributed by atoms with Crippen LogP contribution in [0, 0.1) is 0 Å². The summed E-state index contributed by atoms with van der Waals surface area (Å²) in [5.41, 5.74) is 0.967. The lowest BCUT2D eigenvalue weighted by molar-refractivity contribution is 0.0297. The summed E-state index contributed by atoms with van der Waals surface area (Å²) in [6, 6.07) is 5.97. The Morgan fingerprint density at radius 1 is 1.53 bits per heavy atom. The van der Waals surface area contributed by atoms with Gasteiger partial charge in [-0.2, -0.15) is 5.10 Å². The third kappa shape index (κ3) is 5.12. The molecule has 0 aromatic carbocycles. The van der Waals surface area contributed by atoms with Crippen molar-refractivity contribution in [3.8, 4) is 0 Å². The number of nitrogens with one attached hydrogen (secondary N) is 1. The SMILES string of the molecule is Cn1ccc(CNCC(O)COCc2cccs2)n1. The van der Waals surface area contributed by atoms with E-state index >= 15 is 0 Å². The Bertz CT molecular complexity index is 470.